The normalized spacial score (nSPS) is 12.9. The number of fused-ring (bicyclic) bond motifs is 3. The van der Waals surface area contributed by atoms with Crippen LogP contribution in [0, 0.1) is 12.8 Å². The highest BCUT2D eigenvalue weighted by Gasteiger charge is 2.27. The third-order valence-electron chi connectivity index (χ3n) is 6.25. The number of para-hydroxylation sites is 2. The molecule has 5 aromatic rings. The van der Waals surface area contributed by atoms with Crippen molar-refractivity contribution in [2.45, 2.75) is 38.1 Å². The van der Waals surface area contributed by atoms with Crippen LogP contribution in [0.1, 0.15) is 25.8 Å². The van der Waals surface area contributed by atoms with E-state index >= 15 is 0 Å². The average Bonchev–Trinajstić information content (AvgIpc) is 2.86. The fourth-order valence-corrected chi connectivity index (χ4v) is 5.58. The number of aromatic nitrogens is 2. The molecule has 188 valence electrons. The second kappa shape index (κ2) is 9.88. The van der Waals surface area contributed by atoms with Crippen molar-refractivity contribution < 1.29 is 13.2 Å². The number of sulfonamides is 1. The molecule has 0 aliphatic carbocycles. The summed E-state index contributed by atoms with van der Waals surface area (Å²) in [6, 6.07) is 22.8. The number of rotatable bonds is 7. The summed E-state index contributed by atoms with van der Waals surface area (Å²) in [5, 5.41) is 4.66. The fraction of sp³-hybridized carbons (Fsp3) is 0.207. The first-order valence-electron chi connectivity index (χ1n) is 12.2. The average molecular weight is 513 g/mol. The summed E-state index contributed by atoms with van der Waals surface area (Å²) < 4.78 is 28.7. The Bertz CT molecular complexity index is 1730. The zero-order valence-corrected chi connectivity index (χ0v) is 21.7. The van der Waals surface area contributed by atoms with E-state index in [4.69, 9.17) is 9.97 Å². The van der Waals surface area contributed by atoms with Gasteiger partial charge in [-0.3, -0.25) is 4.79 Å². The second-order valence-corrected chi connectivity index (χ2v) is 11.4. The van der Waals surface area contributed by atoms with E-state index in [0.717, 1.165) is 32.9 Å². The lowest BCUT2D eigenvalue weighted by atomic mass is 10.0. The number of benzene rings is 4. The minimum atomic E-state index is -3.88. The molecule has 0 unspecified atom stereocenters. The van der Waals surface area contributed by atoms with Crippen molar-refractivity contribution in [2.24, 2.45) is 5.92 Å². The van der Waals surface area contributed by atoms with Crippen LogP contribution in [0.15, 0.2) is 83.8 Å². The van der Waals surface area contributed by atoms with E-state index in [2.05, 4.69) is 10.0 Å². The highest BCUT2D eigenvalue weighted by Crippen LogP contribution is 2.28. The van der Waals surface area contributed by atoms with E-state index in [1.54, 1.807) is 30.3 Å². The number of anilines is 1. The molecule has 37 heavy (non-hydrogen) atoms. The van der Waals surface area contributed by atoms with E-state index in [1.807, 2.05) is 69.3 Å². The zero-order valence-electron chi connectivity index (χ0n) is 20.9. The third-order valence-corrected chi connectivity index (χ3v) is 7.74. The molecule has 0 aliphatic heterocycles. The minimum absolute atomic E-state index is 0.0940. The van der Waals surface area contributed by atoms with Crippen LogP contribution in [0.4, 0.5) is 5.69 Å². The predicted octanol–water partition coefficient (Wildman–Crippen LogP) is 5.58. The summed E-state index contributed by atoms with van der Waals surface area (Å²) in [7, 11) is -3.88. The molecule has 1 amide bonds. The summed E-state index contributed by atoms with van der Waals surface area (Å²) in [4.78, 5) is 23.0. The highest BCUT2D eigenvalue weighted by atomic mass is 32.2. The van der Waals surface area contributed by atoms with Gasteiger partial charge in [-0.25, -0.2) is 18.4 Å². The topological polar surface area (TPSA) is 101 Å². The molecule has 5 rings (SSSR count). The Labute approximate surface area is 216 Å². The van der Waals surface area contributed by atoms with Gasteiger partial charge in [0.1, 0.15) is 6.04 Å². The summed E-state index contributed by atoms with van der Waals surface area (Å²) in [5.74, 6) is -0.321. The van der Waals surface area contributed by atoms with Gasteiger partial charge in [0.05, 0.1) is 27.0 Å². The Kier molecular flexibility index (Phi) is 6.62. The number of nitrogens with one attached hydrogen (secondary N) is 2. The standard InChI is InChI=1S/C29H28N4O3S/c1-18(2)15-28(33-37(35,36)21-13-11-19(3)12-14-21)29(34)32-23-10-6-7-20-16-26-27(17-22(20)23)31-25-9-5-4-8-24(25)30-26/h4-14,16-18,28,33H,15H2,1-3H3,(H,32,34)/t28-/m0/s1. The summed E-state index contributed by atoms with van der Waals surface area (Å²) in [6.45, 7) is 5.79. The Morgan fingerprint density at radius 1 is 0.838 bits per heavy atom. The molecule has 0 aliphatic rings. The summed E-state index contributed by atoms with van der Waals surface area (Å²) in [5.41, 5.74) is 4.62. The van der Waals surface area contributed by atoms with Gasteiger partial charge in [-0.2, -0.15) is 4.72 Å². The van der Waals surface area contributed by atoms with Gasteiger partial charge in [-0.1, -0.05) is 55.8 Å². The number of hydrogen-bond acceptors (Lipinski definition) is 5. The van der Waals surface area contributed by atoms with Crippen molar-refractivity contribution in [2.75, 3.05) is 5.32 Å². The Hall–Kier alpha value is -3.88. The van der Waals surface area contributed by atoms with Gasteiger partial charge in [0.2, 0.25) is 15.9 Å². The summed E-state index contributed by atoms with van der Waals surface area (Å²) >= 11 is 0. The minimum Gasteiger partial charge on any atom is -0.324 e. The monoisotopic (exact) mass is 512 g/mol. The number of hydrogen-bond donors (Lipinski definition) is 2. The molecular formula is C29H28N4O3S. The van der Waals surface area contributed by atoms with Crippen molar-refractivity contribution >= 4 is 54.5 Å². The van der Waals surface area contributed by atoms with Gasteiger partial charge in [-0.15, -0.1) is 0 Å². The predicted molar refractivity (Wildman–Crippen MR) is 148 cm³/mol. The van der Waals surface area contributed by atoms with E-state index in [-0.39, 0.29) is 10.8 Å². The first-order chi connectivity index (χ1) is 17.7. The van der Waals surface area contributed by atoms with E-state index in [1.165, 1.54) is 0 Å². The van der Waals surface area contributed by atoms with Gasteiger partial charge < -0.3 is 5.32 Å². The van der Waals surface area contributed by atoms with Gasteiger partial charge in [-0.05, 0) is 67.1 Å². The number of nitrogens with zero attached hydrogens (tertiary/aromatic N) is 2. The lowest BCUT2D eigenvalue weighted by Crippen LogP contribution is -2.44. The Morgan fingerprint density at radius 2 is 1.49 bits per heavy atom. The van der Waals surface area contributed by atoms with Crippen LogP contribution < -0.4 is 10.0 Å². The molecular weight excluding hydrogens is 484 g/mol. The largest absolute Gasteiger partial charge is 0.324 e. The molecule has 8 heteroatoms. The van der Waals surface area contributed by atoms with E-state index in [0.29, 0.717) is 17.6 Å². The number of aryl methyl sites for hydroxylation is 1. The van der Waals surface area contributed by atoms with Gasteiger partial charge in [0.25, 0.3) is 0 Å². The number of carbonyl (C=O) groups excluding carboxylic acids is 1. The lowest BCUT2D eigenvalue weighted by molar-refractivity contribution is -0.118. The van der Waals surface area contributed by atoms with Crippen molar-refractivity contribution in [3.05, 3.63) is 84.4 Å². The molecule has 0 bridgehead atoms. The lowest BCUT2D eigenvalue weighted by Gasteiger charge is -2.21. The maximum atomic E-state index is 13.4. The molecule has 1 heterocycles. The smallest absolute Gasteiger partial charge is 0.242 e. The van der Waals surface area contributed by atoms with Gasteiger partial charge in [0, 0.05) is 11.1 Å². The third kappa shape index (κ3) is 5.30. The second-order valence-electron chi connectivity index (χ2n) is 9.69. The molecule has 2 N–H and O–H groups in total. The van der Waals surface area contributed by atoms with Crippen molar-refractivity contribution in [3.8, 4) is 0 Å². The molecule has 0 radical (unpaired) electrons. The maximum Gasteiger partial charge on any atom is 0.242 e. The highest BCUT2D eigenvalue weighted by molar-refractivity contribution is 7.89. The molecule has 1 aromatic heterocycles. The molecule has 0 spiro atoms. The number of amides is 1. The van der Waals surface area contributed by atoms with Gasteiger partial charge >= 0.3 is 0 Å². The first kappa shape index (κ1) is 24.8. The fourth-order valence-electron chi connectivity index (χ4n) is 4.38. The molecule has 1 atom stereocenters. The quantitative estimate of drug-likeness (QED) is 0.277. The SMILES string of the molecule is Cc1ccc(S(=O)(=O)N[C@@H](CC(C)C)C(=O)Nc2cccc3cc4nc5ccccc5nc4cc23)cc1. The molecule has 0 fully saturated rings. The molecule has 0 saturated carbocycles. The Balaban J connectivity index is 1.48. The van der Waals surface area contributed by atoms with Crippen LogP contribution in [-0.2, 0) is 14.8 Å². The molecule has 7 nitrogen and oxygen atoms in total. The first-order valence-corrected chi connectivity index (χ1v) is 13.7. The Morgan fingerprint density at radius 3 is 2.14 bits per heavy atom. The maximum absolute atomic E-state index is 13.4. The molecule has 0 saturated heterocycles. The van der Waals surface area contributed by atoms with Gasteiger partial charge in [0.15, 0.2) is 0 Å². The van der Waals surface area contributed by atoms with Crippen LogP contribution >= 0.6 is 0 Å². The van der Waals surface area contributed by atoms with Crippen LogP contribution in [0.2, 0.25) is 0 Å². The van der Waals surface area contributed by atoms with E-state index < -0.39 is 22.0 Å². The van der Waals surface area contributed by atoms with Crippen molar-refractivity contribution in [3.63, 3.8) is 0 Å². The van der Waals surface area contributed by atoms with Crippen LogP contribution in [0.3, 0.4) is 0 Å². The van der Waals surface area contributed by atoms with Crippen molar-refractivity contribution in [1.29, 1.82) is 0 Å². The molecule has 4 aromatic carbocycles. The van der Waals surface area contributed by atoms with Crippen molar-refractivity contribution in [1.82, 2.24) is 14.7 Å². The summed E-state index contributed by atoms with van der Waals surface area (Å²) in [6.07, 6.45) is 0.349. The van der Waals surface area contributed by atoms with Crippen LogP contribution in [-0.4, -0.2) is 30.3 Å². The van der Waals surface area contributed by atoms with E-state index in [9.17, 15) is 13.2 Å². The number of carbonyl (C=O) groups is 1. The van der Waals surface area contributed by atoms with Crippen LogP contribution in [0.25, 0.3) is 32.8 Å². The van der Waals surface area contributed by atoms with Crippen LogP contribution in [0.5, 0.6) is 0 Å². The zero-order chi connectivity index (χ0) is 26.2.